The predicted octanol–water partition coefficient (Wildman–Crippen LogP) is 2.76. The highest BCUT2D eigenvalue weighted by Crippen LogP contribution is 2.21. The lowest BCUT2D eigenvalue weighted by Crippen LogP contribution is -2.30. The molecule has 0 atom stereocenters. The van der Waals surface area contributed by atoms with Crippen LogP contribution in [0.5, 0.6) is 0 Å². The fourth-order valence-corrected chi connectivity index (χ4v) is 1.32. The zero-order valence-electron chi connectivity index (χ0n) is 8.96. The zero-order valence-corrected chi connectivity index (χ0v) is 9.72. The van der Waals surface area contributed by atoms with Crippen LogP contribution in [0.25, 0.3) is 0 Å². The number of amides is 1. The third kappa shape index (κ3) is 4.22. The molecule has 0 bridgehead atoms. The number of nitrogens with zero attached hydrogens (tertiary/aromatic N) is 2. The fraction of sp³-hybridized carbons (Fsp3) is 0.400. The fourth-order valence-electron chi connectivity index (χ4n) is 1.14. The maximum atomic E-state index is 12.0. The van der Waals surface area contributed by atoms with Crippen LogP contribution < -0.4 is 0 Å². The smallest absolute Gasteiger partial charge is 0.341 e. The molecule has 0 saturated heterocycles. The van der Waals surface area contributed by atoms with E-state index in [4.69, 9.17) is 11.6 Å². The number of hydrogen-bond donors (Lipinski definition) is 0. The molecule has 0 N–H and O–H groups in total. The van der Waals surface area contributed by atoms with Gasteiger partial charge in [0.05, 0.1) is 17.0 Å². The summed E-state index contributed by atoms with van der Waals surface area (Å²) < 4.78 is 36.0. The summed E-state index contributed by atoms with van der Waals surface area (Å²) in [7, 11) is 1.29. The molecule has 0 aliphatic rings. The van der Waals surface area contributed by atoms with Crippen LogP contribution in [0.2, 0.25) is 5.02 Å². The lowest BCUT2D eigenvalue weighted by Gasteiger charge is -2.18. The van der Waals surface area contributed by atoms with E-state index in [0.29, 0.717) is 0 Å². The van der Waals surface area contributed by atoms with Gasteiger partial charge in [0.1, 0.15) is 0 Å². The van der Waals surface area contributed by atoms with Crippen LogP contribution >= 0.6 is 11.6 Å². The van der Waals surface area contributed by atoms with Crippen LogP contribution in [-0.2, 0) is 0 Å². The Kier molecular flexibility index (Phi) is 4.34. The largest absolute Gasteiger partial charge is 0.390 e. The number of carbonyl (C=O) groups is 1. The molecule has 3 nitrogen and oxygen atoms in total. The second-order valence-electron chi connectivity index (χ2n) is 3.45. The van der Waals surface area contributed by atoms with Crippen molar-refractivity contribution in [3.63, 3.8) is 0 Å². The van der Waals surface area contributed by atoms with Gasteiger partial charge < -0.3 is 4.90 Å². The number of carbonyl (C=O) groups excluding carboxylic acids is 1. The van der Waals surface area contributed by atoms with Crippen molar-refractivity contribution in [1.82, 2.24) is 9.88 Å². The highest BCUT2D eigenvalue weighted by Gasteiger charge is 2.28. The Morgan fingerprint density at radius 1 is 1.53 bits per heavy atom. The van der Waals surface area contributed by atoms with Gasteiger partial charge in [0.2, 0.25) is 0 Å². The van der Waals surface area contributed by atoms with Crippen molar-refractivity contribution < 1.29 is 18.0 Å². The molecule has 0 radical (unpaired) electrons. The van der Waals surface area contributed by atoms with Crippen molar-refractivity contribution in [2.75, 3.05) is 13.6 Å². The maximum absolute atomic E-state index is 12.0. The minimum Gasteiger partial charge on any atom is -0.341 e. The van der Waals surface area contributed by atoms with E-state index in [2.05, 4.69) is 4.98 Å². The first kappa shape index (κ1) is 13.8. The minimum atomic E-state index is -4.28. The van der Waals surface area contributed by atoms with Crippen molar-refractivity contribution in [2.45, 2.75) is 12.6 Å². The summed E-state index contributed by atoms with van der Waals surface area (Å²) in [5.74, 6) is -0.577. The first-order chi connectivity index (χ1) is 7.81. The van der Waals surface area contributed by atoms with Gasteiger partial charge in [-0.25, -0.2) is 0 Å². The van der Waals surface area contributed by atoms with Crippen LogP contribution in [0, 0.1) is 0 Å². The number of pyridine rings is 1. The molecule has 0 aromatic carbocycles. The average Bonchev–Trinajstić information content (AvgIpc) is 2.24. The van der Waals surface area contributed by atoms with Crippen molar-refractivity contribution >= 4 is 17.5 Å². The van der Waals surface area contributed by atoms with Crippen LogP contribution in [0.15, 0.2) is 18.5 Å². The second-order valence-corrected chi connectivity index (χ2v) is 3.85. The SMILES string of the molecule is CN(CCC(F)(F)F)C(=O)c1cnccc1Cl. The molecule has 0 aliphatic carbocycles. The summed E-state index contributed by atoms with van der Waals surface area (Å²) in [5, 5.41) is 0.170. The third-order valence-corrected chi connectivity index (χ3v) is 2.41. The van der Waals surface area contributed by atoms with Crippen LogP contribution in [-0.4, -0.2) is 35.6 Å². The summed E-state index contributed by atoms with van der Waals surface area (Å²) in [5.41, 5.74) is 0.0961. The molecule has 7 heteroatoms. The number of hydrogen-bond acceptors (Lipinski definition) is 2. The average molecular weight is 267 g/mol. The van der Waals surface area contributed by atoms with Gasteiger partial charge in [-0.1, -0.05) is 11.6 Å². The Hall–Kier alpha value is -1.30. The summed E-state index contributed by atoms with van der Waals surface area (Å²) in [4.78, 5) is 16.4. The van der Waals surface area contributed by atoms with Gasteiger partial charge in [-0.3, -0.25) is 9.78 Å². The first-order valence-electron chi connectivity index (χ1n) is 4.73. The Labute approximate surface area is 101 Å². The molecule has 0 fully saturated rings. The van der Waals surface area contributed by atoms with E-state index in [-0.39, 0.29) is 10.6 Å². The van der Waals surface area contributed by atoms with Gasteiger partial charge in [-0.15, -0.1) is 0 Å². The Bertz CT molecular complexity index is 409. The topological polar surface area (TPSA) is 33.2 Å². The third-order valence-electron chi connectivity index (χ3n) is 2.08. The van der Waals surface area contributed by atoms with Gasteiger partial charge in [0, 0.05) is 26.0 Å². The van der Waals surface area contributed by atoms with E-state index in [9.17, 15) is 18.0 Å². The standard InChI is InChI=1S/C10H10ClF3N2O/c1-16(5-3-10(12,13)14)9(17)7-6-15-4-2-8(7)11/h2,4,6H,3,5H2,1H3. The van der Waals surface area contributed by atoms with E-state index < -0.39 is 25.0 Å². The number of aromatic nitrogens is 1. The molecule has 1 aromatic rings. The van der Waals surface area contributed by atoms with Crippen LogP contribution in [0.1, 0.15) is 16.8 Å². The summed E-state index contributed by atoms with van der Waals surface area (Å²) >= 11 is 5.74. The quantitative estimate of drug-likeness (QED) is 0.843. The molecule has 0 unspecified atom stereocenters. The van der Waals surface area contributed by atoms with Crippen molar-refractivity contribution in [3.05, 3.63) is 29.0 Å². The Morgan fingerprint density at radius 3 is 2.71 bits per heavy atom. The lowest BCUT2D eigenvalue weighted by atomic mass is 10.2. The van der Waals surface area contributed by atoms with Crippen molar-refractivity contribution in [2.24, 2.45) is 0 Å². The molecule has 1 heterocycles. The van der Waals surface area contributed by atoms with Gasteiger partial charge in [0.25, 0.3) is 5.91 Å². The van der Waals surface area contributed by atoms with Crippen LogP contribution in [0.3, 0.4) is 0 Å². The number of halogens is 4. The van der Waals surface area contributed by atoms with Crippen molar-refractivity contribution in [1.29, 1.82) is 0 Å². The predicted molar refractivity (Wildman–Crippen MR) is 56.9 cm³/mol. The normalized spacial score (nSPS) is 11.4. The molecule has 1 rings (SSSR count). The summed E-state index contributed by atoms with van der Waals surface area (Å²) in [6, 6.07) is 1.41. The maximum Gasteiger partial charge on any atom is 0.390 e. The van der Waals surface area contributed by atoms with Crippen molar-refractivity contribution in [3.8, 4) is 0 Å². The summed E-state index contributed by atoms with van der Waals surface area (Å²) in [6.45, 7) is -0.409. The van der Waals surface area contributed by atoms with Gasteiger partial charge in [-0.2, -0.15) is 13.2 Å². The Morgan fingerprint density at radius 2 is 2.18 bits per heavy atom. The van der Waals surface area contributed by atoms with Gasteiger partial charge in [0.15, 0.2) is 0 Å². The highest BCUT2D eigenvalue weighted by molar-refractivity contribution is 6.33. The molecule has 17 heavy (non-hydrogen) atoms. The second kappa shape index (κ2) is 5.35. The molecule has 0 spiro atoms. The highest BCUT2D eigenvalue weighted by atomic mass is 35.5. The van der Waals surface area contributed by atoms with Gasteiger partial charge in [-0.05, 0) is 6.07 Å². The molecule has 0 aliphatic heterocycles. The first-order valence-corrected chi connectivity index (χ1v) is 5.11. The molecular weight excluding hydrogens is 257 g/mol. The van der Waals surface area contributed by atoms with E-state index in [1.165, 1.54) is 25.5 Å². The molecule has 94 valence electrons. The zero-order chi connectivity index (χ0) is 13.1. The molecular formula is C10H10ClF3N2O. The molecule has 1 amide bonds. The minimum absolute atomic E-state index is 0.0961. The monoisotopic (exact) mass is 266 g/mol. The Balaban J connectivity index is 2.68. The van der Waals surface area contributed by atoms with Crippen LogP contribution in [0.4, 0.5) is 13.2 Å². The summed E-state index contributed by atoms with van der Waals surface area (Å²) in [6.07, 6.45) is -2.70. The molecule has 0 saturated carbocycles. The van der Waals surface area contributed by atoms with Gasteiger partial charge >= 0.3 is 6.18 Å². The lowest BCUT2D eigenvalue weighted by molar-refractivity contribution is -0.136. The number of alkyl halides is 3. The van der Waals surface area contributed by atoms with E-state index >= 15 is 0 Å². The number of rotatable bonds is 3. The molecule has 1 aromatic heterocycles. The van der Waals surface area contributed by atoms with E-state index in [0.717, 1.165) is 4.90 Å². The van der Waals surface area contributed by atoms with E-state index in [1.54, 1.807) is 0 Å². The van der Waals surface area contributed by atoms with E-state index in [1.807, 2.05) is 0 Å².